The first-order valence-electron chi connectivity index (χ1n) is 11.5. The Kier molecular flexibility index (Phi) is 6.28. The minimum atomic E-state index is -0.462. The van der Waals surface area contributed by atoms with Gasteiger partial charge in [-0.2, -0.15) is 0 Å². The van der Waals surface area contributed by atoms with E-state index in [0.717, 1.165) is 48.5 Å². The fourth-order valence-electron chi connectivity index (χ4n) is 4.60. The van der Waals surface area contributed by atoms with Gasteiger partial charge in [0.15, 0.2) is 11.5 Å². The van der Waals surface area contributed by atoms with E-state index in [2.05, 4.69) is 30.1 Å². The number of aryl methyl sites for hydroxylation is 1. The summed E-state index contributed by atoms with van der Waals surface area (Å²) in [4.78, 5) is 17.8. The van der Waals surface area contributed by atoms with Crippen molar-refractivity contribution in [2.24, 2.45) is 0 Å². The number of hydrogen-bond donors (Lipinski definition) is 1. The van der Waals surface area contributed by atoms with Crippen LogP contribution in [0.3, 0.4) is 0 Å². The summed E-state index contributed by atoms with van der Waals surface area (Å²) in [6.45, 7) is 9.31. The van der Waals surface area contributed by atoms with Gasteiger partial charge in [0.1, 0.15) is 5.60 Å². The maximum atomic E-state index is 12.4. The lowest BCUT2D eigenvalue weighted by Crippen LogP contribution is -2.41. The Morgan fingerprint density at radius 3 is 2.33 bits per heavy atom. The topological polar surface area (TPSA) is 63.8 Å². The van der Waals surface area contributed by atoms with E-state index in [4.69, 9.17) is 14.2 Å². The van der Waals surface area contributed by atoms with Crippen molar-refractivity contribution in [2.75, 3.05) is 27.3 Å². The second-order valence-corrected chi connectivity index (χ2v) is 9.74. The first-order valence-corrected chi connectivity index (χ1v) is 11.5. The number of fused-ring (bicyclic) bond motifs is 1. The van der Waals surface area contributed by atoms with Crippen LogP contribution in [0.4, 0.5) is 4.79 Å². The van der Waals surface area contributed by atoms with Gasteiger partial charge in [-0.05, 0) is 87.9 Å². The van der Waals surface area contributed by atoms with Crippen molar-refractivity contribution in [3.63, 3.8) is 0 Å². The predicted molar refractivity (Wildman–Crippen MR) is 131 cm³/mol. The maximum absolute atomic E-state index is 12.4. The van der Waals surface area contributed by atoms with Crippen molar-refractivity contribution < 1.29 is 19.0 Å². The Hall–Kier alpha value is -3.15. The van der Waals surface area contributed by atoms with Crippen LogP contribution in [0.15, 0.2) is 36.4 Å². The van der Waals surface area contributed by atoms with Crippen LogP contribution in [0.2, 0.25) is 0 Å². The molecular formula is C27H34N2O4. The van der Waals surface area contributed by atoms with Gasteiger partial charge in [-0.25, -0.2) is 4.79 Å². The minimum Gasteiger partial charge on any atom is -0.493 e. The number of ether oxygens (including phenoxy) is 3. The number of H-pyrrole nitrogens is 1. The summed E-state index contributed by atoms with van der Waals surface area (Å²) in [6, 6.07) is 12.7. The number of methoxy groups -OCH3 is 2. The number of nitrogens with one attached hydrogen (secondary N) is 1. The monoisotopic (exact) mass is 450 g/mol. The van der Waals surface area contributed by atoms with Crippen molar-refractivity contribution in [2.45, 2.75) is 52.1 Å². The number of nitrogens with zero attached hydrogens (tertiary/aromatic N) is 1. The summed E-state index contributed by atoms with van der Waals surface area (Å²) in [7, 11) is 3.30. The number of likely N-dealkylation sites (tertiary alicyclic amines) is 1. The summed E-state index contributed by atoms with van der Waals surface area (Å²) >= 11 is 0. The molecule has 0 aliphatic carbocycles. The Labute approximate surface area is 195 Å². The van der Waals surface area contributed by atoms with Gasteiger partial charge in [-0.3, -0.25) is 0 Å². The second kappa shape index (κ2) is 9.00. The van der Waals surface area contributed by atoms with E-state index in [-0.39, 0.29) is 6.09 Å². The molecule has 0 spiro atoms. The number of amides is 1. The molecule has 3 aromatic rings. The number of rotatable bonds is 4. The van der Waals surface area contributed by atoms with Crippen LogP contribution in [-0.4, -0.2) is 48.9 Å². The third-order valence-electron chi connectivity index (χ3n) is 6.37. The molecule has 176 valence electrons. The zero-order chi connectivity index (χ0) is 23.8. The second-order valence-electron chi connectivity index (χ2n) is 9.74. The summed E-state index contributed by atoms with van der Waals surface area (Å²) < 4.78 is 16.4. The molecule has 0 bridgehead atoms. The fraction of sp³-hybridized carbons (Fsp3) is 0.444. The highest BCUT2D eigenvalue weighted by Crippen LogP contribution is 2.37. The number of aromatic nitrogens is 1. The van der Waals surface area contributed by atoms with Crippen LogP contribution in [-0.2, 0) is 4.74 Å². The number of carbonyl (C=O) groups is 1. The summed E-state index contributed by atoms with van der Waals surface area (Å²) in [6.07, 6.45) is 1.67. The van der Waals surface area contributed by atoms with E-state index in [9.17, 15) is 4.79 Å². The van der Waals surface area contributed by atoms with Crippen LogP contribution in [0, 0.1) is 6.92 Å². The zero-order valence-corrected chi connectivity index (χ0v) is 20.5. The standard InChI is InChI=1S/C27H34N2O4/c1-17-21-15-19(18-11-13-29(14-12-18)26(30)33-27(2,3)4)7-9-22(21)28-25(17)20-8-10-23(31-5)24(16-20)32-6/h7-10,15-16,18,28H,11-14H2,1-6H3. The number of hydrogen-bond acceptors (Lipinski definition) is 4. The third-order valence-corrected chi connectivity index (χ3v) is 6.37. The molecule has 0 unspecified atom stereocenters. The average Bonchev–Trinajstić information content (AvgIpc) is 3.13. The summed E-state index contributed by atoms with van der Waals surface area (Å²) in [5, 5.41) is 1.23. The van der Waals surface area contributed by atoms with Gasteiger partial charge >= 0.3 is 6.09 Å². The largest absolute Gasteiger partial charge is 0.493 e. The molecule has 1 aromatic heterocycles. The third kappa shape index (κ3) is 4.80. The van der Waals surface area contributed by atoms with Crippen molar-refractivity contribution in [3.05, 3.63) is 47.5 Å². The van der Waals surface area contributed by atoms with Crippen molar-refractivity contribution in [1.29, 1.82) is 0 Å². The van der Waals surface area contributed by atoms with Crippen LogP contribution in [0.25, 0.3) is 22.2 Å². The van der Waals surface area contributed by atoms with Gasteiger partial charge in [0.25, 0.3) is 0 Å². The highest BCUT2D eigenvalue weighted by atomic mass is 16.6. The minimum absolute atomic E-state index is 0.211. The molecule has 0 saturated carbocycles. The number of piperidine rings is 1. The highest BCUT2D eigenvalue weighted by molar-refractivity contribution is 5.91. The predicted octanol–water partition coefficient (Wildman–Crippen LogP) is 6.28. The Bertz CT molecular complexity index is 1150. The van der Waals surface area contributed by atoms with E-state index >= 15 is 0 Å². The molecular weight excluding hydrogens is 416 g/mol. The quantitative estimate of drug-likeness (QED) is 0.508. The Morgan fingerprint density at radius 1 is 1.00 bits per heavy atom. The molecule has 0 radical (unpaired) electrons. The number of carbonyl (C=O) groups excluding carboxylic acids is 1. The van der Waals surface area contributed by atoms with Crippen molar-refractivity contribution in [1.82, 2.24) is 9.88 Å². The van der Waals surface area contributed by atoms with Gasteiger partial charge in [0.05, 0.1) is 14.2 Å². The lowest BCUT2D eigenvalue weighted by atomic mass is 9.88. The maximum Gasteiger partial charge on any atom is 0.410 e. The molecule has 1 amide bonds. The summed E-state index contributed by atoms with van der Waals surface area (Å²) in [5.74, 6) is 1.87. The molecule has 6 nitrogen and oxygen atoms in total. The van der Waals surface area contributed by atoms with Gasteiger partial charge in [0.2, 0.25) is 0 Å². The molecule has 1 saturated heterocycles. The molecule has 2 aromatic carbocycles. The van der Waals surface area contributed by atoms with Crippen LogP contribution in [0.5, 0.6) is 11.5 Å². The lowest BCUT2D eigenvalue weighted by molar-refractivity contribution is 0.0205. The molecule has 1 aliphatic heterocycles. The van der Waals surface area contributed by atoms with Gasteiger partial charge < -0.3 is 24.1 Å². The lowest BCUT2D eigenvalue weighted by Gasteiger charge is -2.33. The van der Waals surface area contributed by atoms with Gasteiger partial charge in [0, 0.05) is 35.2 Å². The first kappa shape index (κ1) is 23.0. The van der Waals surface area contributed by atoms with Crippen molar-refractivity contribution >= 4 is 17.0 Å². The molecule has 2 heterocycles. The van der Waals surface area contributed by atoms with E-state index < -0.39 is 5.60 Å². The normalized spacial score (nSPS) is 15.0. The van der Waals surface area contributed by atoms with Gasteiger partial charge in [-0.15, -0.1) is 0 Å². The van der Waals surface area contributed by atoms with Crippen LogP contribution < -0.4 is 9.47 Å². The number of benzene rings is 2. The first-order chi connectivity index (χ1) is 15.7. The van der Waals surface area contributed by atoms with E-state index in [0.29, 0.717) is 11.7 Å². The Balaban J connectivity index is 1.54. The average molecular weight is 451 g/mol. The highest BCUT2D eigenvalue weighted by Gasteiger charge is 2.27. The Morgan fingerprint density at radius 2 is 1.70 bits per heavy atom. The van der Waals surface area contributed by atoms with Crippen LogP contribution >= 0.6 is 0 Å². The fourth-order valence-corrected chi connectivity index (χ4v) is 4.60. The number of aromatic amines is 1. The molecule has 4 rings (SSSR count). The summed E-state index contributed by atoms with van der Waals surface area (Å²) in [5.41, 5.74) is 5.34. The van der Waals surface area contributed by atoms with Gasteiger partial charge in [-0.1, -0.05) is 6.07 Å². The molecule has 6 heteroatoms. The molecule has 0 atom stereocenters. The van der Waals surface area contributed by atoms with E-state index in [1.165, 1.54) is 16.5 Å². The SMILES string of the molecule is COc1ccc(-c2[nH]c3ccc(C4CCN(C(=O)OC(C)(C)C)CC4)cc3c2C)cc1OC. The zero-order valence-electron chi connectivity index (χ0n) is 20.5. The molecule has 1 N–H and O–H groups in total. The smallest absolute Gasteiger partial charge is 0.410 e. The molecule has 33 heavy (non-hydrogen) atoms. The van der Waals surface area contributed by atoms with E-state index in [1.807, 2.05) is 43.9 Å². The van der Waals surface area contributed by atoms with E-state index in [1.54, 1.807) is 14.2 Å². The van der Waals surface area contributed by atoms with Crippen LogP contribution in [0.1, 0.15) is 50.7 Å². The molecule has 1 aliphatic rings. The molecule has 1 fully saturated rings. The van der Waals surface area contributed by atoms with Crippen molar-refractivity contribution in [3.8, 4) is 22.8 Å².